The Hall–Kier alpha value is -1.62. The van der Waals surface area contributed by atoms with E-state index in [1.165, 1.54) is 10.7 Å². The summed E-state index contributed by atoms with van der Waals surface area (Å²) >= 11 is 0. The average molecular weight is 459 g/mol. The van der Waals surface area contributed by atoms with E-state index >= 15 is 0 Å². The zero-order valence-corrected chi connectivity index (χ0v) is 18.7. The van der Waals surface area contributed by atoms with Crippen LogP contribution < -0.4 is 5.32 Å². The monoisotopic (exact) mass is 458 g/mol. The Morgan fingerprint density at radius 3 is 2.39 bits per heavy atom. The molecule has 10 heteroatoms. The second kappa shape index (κ2) is 11.3. The van der Waals surface area contributed by atoms with Crippen LogP contribution in [0.5, 0.6) is 0 Å². The van der Waals surface area contributed by atoms with E-state index in [9.17, 15) is 22.0 Å². The summed E-state index contributed by atoms with van der Waals surface area (Å²) in [4.78, 5) is 16.3. The third-order valence-electron chi connectivity index (χ3n) is 5.90. The fourth-order valence-corrected chi connectivity index (χ4v) is 5.58. The van der Waals surface area contributed by atoms with Gasteiger partial charge in [0.1, 0.15) is 0 Å². The molecule has 0 aromatic heterocycles. The van der Waals surface area contributed by atoms with E-state index in [0.717, 1.165) is 57.7 Å². The molecule has 0 atom stereocenters. The van der Waals surface area contributed by atoms with Gasteiger partial charge < -0.3 is 15.1 Å². The van der Waals surface area contributed by atoms with E-state index in [0.29, 0.717) is 25.6 Å². The number of likely N-dealkylation sites (tertiary alicyclic amines) is 1. The van der Waals surface area contributed by atoms with Crippen LogP contribution >= 0.6 is 0 Å². The standard InChI is InChI=1S/C21H32F2N4O3S/c22-19-6-5-18(17-20(19)23)31(29,30)27(13-4-12-25-10-2-1-3-11-25)14-7-21(28)26-15-8-24-9-16-26/h5-6,17,24H,1-4,7-16H2. The number of halogens is 2. The molecule has 1 N–H and O–H groups in total. The number of piperidine rings is 1. The Balaban J connectivity index is 1.67. The molecule has 1 amide bonds. The first kappa shape index (κ1) is 24.0. The van der Waals surface area contributed by atoms with Crippen LogP contribution in [0.25, 0.3) is 0 Å². The first-order chi connectivity index (χ1) is 14.9. The van der Waals surface area contributed by atoms with Crippen LogP contribution in [0.15, 0.2) is 23.1 Å². The van der Waals surface area contributed by atoms with Crippen molar-refractivity contribution < 1.29 is 22.0 Å². The van der Waals surface area contributed by atoms with Crippen LogP contribution in [0.4, 0.5) is 8.78 Å². The highest BCUT2D eigenvalue weighted by Gasteiger charge is 2.27. The molecular formula is C21H32F2N4O3S. The molecule has 0 bridgehead atoms. The number of hydrogen-bond acceptors (Lipinski definition) is 5. The minimum absolute atomic E-state index is 0.0179. The lowest BCUT2D eigenvalue weighted by molar-refractivity contribution is -0.131. The van der Waals surface area contributed by atoms with Crippen LogP contribution in [0.2, 0.25) is 0 Å². The summed E-state index contributed by atoms with van der Waals surface area (Å²) in [7, 11) is -4.04. The lowest BCUT2D eigenvalue weighted by Crippen LogP contribution is -2.47. The van der Waals surface area contributed by atoms with Gasteiger partial charge in [-0.1, -0.05) is 6.42 Å². The van der Waals surface area contributed by atoms with Gasteiger partial charge in [0.05, 0.1) is 4.90 Å². The predicted octanol–water partition coefficient (Wildman–Crippen LogP) is 1.65. The molecule has 2 saturated heterocycles. The van der Waals surface area contributed by atoms with Crippen molar-refractivity contribution in [3.05, 3.63) is 29.8 Å². The highest BCUT2D eigenvalue weighted by atomic mass is 32.2. The summed E-state index contributed by atoms with van der Waals surface area (Å²) in [6.45, 7) is 5.69. The number of nitrogens with one attached hydrogen (secondary N) is 1. The number of hydrogen-bond donors (Lipinski definition) is 1. The Morgan fingerprint density at radius 1 is 1.00 bits per heavy atom. The third-order valence-corrected chi connectivity index (χ3v) is 7.80. The van der Waals surface area contributed by atoms with Crippen molar-refractivity contribution in [1.29, 1.82) is 0 Å². The molecule has 31 heavy (non-hydrogen) atoms. The number of piperazine rings is 1. The number of nitrogens with zero attached hydrogens (tertiary/aromatic N) is 3. The van der Waals surface area contributed by atoms with Crippen LogP contribution in [-0.2, 0) is 14.8 Å². The van der Waals surface area contributed by atoms with Crippen molar-refractivity contribution in [1.82, 2.24) is 19.4 Å². The SMILES string of the molecule is O=C(CCN(CCCN1CCCCC1)S(=O)(=O)c1ccc(F)c(F)c1)N1CCNCC1. The average Bonchev–Trinajstić information content (AvgIpc) is 2.78. The zero-order chi connectivity index (χ0) is 22.3. The lowest BCUT2D eigenvalue weighted by atomic mass is 10.1. The summed E-state index contributed by atoms with van der Waals surface area (Å²) in [5.74, 6) is -2.39. The maximum absolute atomic E-state index is 13.7. The molecule has 7 nitrogen and oxygen atoms in total. The number of carbonyl (C=O) groups is 1. The van der Waals surface area contributed by atoms with Gasteiger partial charge in [-0.2, -0.15) is 4.31 Å². The highest BCUT2D eigenvalue weighted by molar-refractivity contribution is 7.89. The lowest BCUT2D eigenvalue weighted by Gasteiger charge is -2.30. The summed E-state index contributed by atoms with van der Waals surface area (Å²) in [5.41, 5.74) is 0. The van der Waals surface area contributed by atoms with E-state index in [1.807, 2.05) is 0 Å². The second-order valence-electron chi connectivity index (χ2n) is 8.12. The Kier molecular flexibility index (Phi) is 8.76. The van der Waals surface area contributed by atoms with Crippen molar-refractivity contribution in [2.24, 2.45) is 0 Å². The maximum Gasteiger partial charge on any atom is 0.243 e. The minimum Gasteiger partial charge on any atom is -0.340 e. The van der Waals surface area contributed by atoms with Crippen LogP contribution in [0.3, 0.4) is 0 Å². The molecule has 2 aliphatic rings. The van der Waals surface area contributed by atoms with Gasteiger partial charge >= 0.3 is 0 Å². The van der Waals surface area contributed by atoms with Gasteiger partial charge in [-0.05, 0) is 57.1 Å². The number of sulfonamides is 1. The van der Waals surface area contributed by atoms with Gasteiger partial charge in [-0.15, -0.1) is 0 Å². The summed E-state index contributed by atoms with van der Waals surface area (Å²) < 4.78 is 54.6. The largest absolute Gasteiger partial charge is 0.340 e. The van der Waals surface area contributed by atoms with Crippen LogP contribution in [0.1, 0.15) is 32.1 Å². The fraction of sp³-hybridized carbons (Fsp3) is 0.667. The van der Waals surface area contributed by atoms with Gasteiger partial charge in [0.25, 0.3) is 0 Å². The van der Waals surface area contributed by atoms with E-state index in [2.05, 4.69) is 10.2 Å². The summed E-state index contributed by atoms with van der Waals surface area (Å²) in [6.07, 6.45) is 4.20. The van der Waals surface area contributed by atoms with Crippen LogP contribution in [-0.4, -0.2) is 87.3 Å². The first-order valence-corrected chi connectivity index (χ1v) is 12.5. The van der Waals surface area contributed by atoms with Crippen molar-refractivity contribution in [2.45, 2.75) is 37.0 Å². The molecular weight excluding hydrogens is 426 g/mol. The molecule has 2 fully saturated rings. The van der Waals surface area contributed by atoms with Crippen molar-refractivity contribution in [2.75, 3.05) is 58.9 Å². The number of benzene rings is 1. The zero-order valence-electron chi connectivity index (χ0n) is 17.9. The molecule has 0 radical (unpaired) electrons. The minimum atomic E-state index is -4.04. The maximum atomic E-state index is 13.7. The van der Waals surface area contributed by atoms with Gasteiger partial charge in [0.15, 0.2) is 11.6 Å². The summed E-state index contributed by atoms with van der Waals surface area (Å²) in [6, 6.07) is 2.60. The number of amides is 1. The summed E-state index contributed by atoms with van der Waals surface area (Å²) in [5, 5.41) is 3.18. The topological polar surface area (TPSA) is 73.0 Å². The molecule has 174 valence electrons. The highest BCUT2D eigenvalue weighted by Crippen LogP contribution is 2.20. The van der Waals surface area contributed by atoms with E-state index in [1.54, 1.807) is 4.90 Å². The Bertz CT molecular complexity index is 841. The quantitative estimate of drug-likeness (QED) is 0.609. The smallest absolute Gasteiger partial charge is 0.243 e. The molecule has 2 aliphatic heterocycles. The number of rotatable bonds is 9. The van der Waals surface area contributed by atoms with Crippen molar-refractivity contribution in [3.8, 4) is 0 Å². The van der Waals surface area contributed by atoms with Crippen molar-refractivity contribution in [3.63, 3.8) is 0 Å². The molecule has 0 aliphatic carbocycles. The molecule has 2 heterocycles. The van der Waals surface area contributed by atoms with Gasteiger partial charge in [-0.25, -0.2) is 17.2 Å². The fourth-order valence-electron chi connectivity index (χ4n) is 4.08. The second-order valence-corrected chi connectivity index (χ2v) is 10.1. The van der Waals surface area contributed by atoms with Gasteiger partial charge in [-0.3, -0.25) is 4.79 Å². The predicted molar refractivity (Wildman–Crippen MR) is 114 cm³/mol. The van der Waals surface area contributed by atoms with E-state index in [4.69, 9.17) is 0 Å². The number of carbonyl (C=O) groups excluding carboxylic acids is 1. The van der Waals surface area contributed by atoms with E-state index < -0.39 is 21.7 Å². The van der Waals surface area contributed by atoms with Crippen molar-refractivity contribution >= 4 is 15.9 Å². The Morgan fingerprint density at radius 2 is 1.71 bits per heavy atom. The van der Waals surface area contributed by atoms with Gasteiger partial charge in [0, 0.05) is 45.7 Å². The normalized spacial score (nSPS) is 18.5. The molecule has 1 aromatic rings. The van der Waals surface area contributed by atoms with E-state index in [-0.39, 0.29) is 30.3 Å². The third kappa shape index (κ3) is 6.68. The molecule has 0 spiro atoms. The molecule has 1 aromatic carbocycles. The molecule has 3 rings (SSSR count). The van der Waals surface area contributed by atoms with Crippen LogP contribution in [0, 0.1) is 11.6 Å². The first-order valence-electron chi connectivity index (χ1n) is 11.0. The molecule has 0 unspecified atom stereocenters. The Labute approximate surface area is 183 Å². The molecule has 0 saturated carbocycles. The van der Waals surface area contributed by atoms with Gasteiger partial charge in [0.2, 0.25) is 15.9 Å².